The van der Waals surface area contributed by atoms with Crippen molar-refractivity contribution in [1.82, 2.24) is 0 Å². The zero-order chi connectivity index (χ0) is 9.23. The fourth-order valence-corrected chi connectivity index (χ4v) is 2.71. The summed E-state index contributed by atoms with van der Waals surface area (Å²) >= 11 is 15.1. The number of thiol groups is 1. The molecule has 0 aliphatic rings. The second-order valence-electron chi connectivity index (χ2n) is 2.60. The Morgan fingerprint density at radius 2 is 2.00 bits per heavy atom. The summed E-state index contributed by atoms with van der Waals surface area (Å²) in [5, 5.41) is 0. The molecule has 0 aromatic heterocycles. The van der Waals surface area contributed by atoms with E-state index in [9.17, 15) is 0 Å². The monoisotopic (exact) mass is 246 g/mol. The molecule has 0 aromatic carbocycles. The maximum atomic E-state index is 5.49. The molecule has 0 unspecified atom stereocenters. The summed E-state index contributed by atoms with van der Waals surface area (Å²) in [7, 11) is -0.353. The van der Waals surface area contributed by atoms with Gasteiger partial charge < -0.3 is 4.43 Å². The van der Waals surface area contributed by atoms with Gasteiger partial charge in [0.2, 0.25) is 0 Å². The molecule has 0 fully saturated rings. The second-order valence-corrected chi connectivity index (χ2v) is 5.85. The molecule has 0 bridgehead atoms. The van der Waals surface area contributed by atoms with Gasteiger partial charge in [-0.1, -0.05) is 12.8 Å². The first-order valence-corrected chi connectivity index (χ1v) is 7.32. The molecule has 0 aliphatic carbocycles. The average molecular weight is 247 g/mol. The molecule has 0 atom stereocenters. The fraction of sp³-hybridized carbons (Fsp3) is 1.00. The van der Waals surface area contributed by atoms with Gasteiger partial charge in [-0.3, -0.25) is 0 Å². The van der Waals surface area contributed by atoms with E-state index in [1.165, 1.54) is 25.3 Å². The van der Waals surface area contributed by atoms with Crippen molar-refractivity contribution in [2.45, 2.75) is 30.1 Å². The summed E-state index contributed by atoms with van der Waals surface area (Å²) in [6, 6.07) is 1.23. The third kappa shape index (κ3) is 11.1. The first kappa shape index (κ1) is 13.1. The van der Waals surface area contributed by atoms with Crippen molar-refractivity contribution in [3.8, 4) is 0 Å². The molecule has 0 rings (SSSR count). The van der Waals surface area contributed by atoms with E-state index in [0.29, 0.717) is 6.61 Å². The Bertz CT molecular complexity index is 95.5. The Hall–Kier alpha value is 1.11. The standard InChI is InChI=1S/C7H16Cl2OSSi/c8-7(9)6-10-12-5-3-1-2-4-11/h7,11H,1-6,12H2. The van der Waals surface area contributed by atoms with Crippen LogP contribution in [0.3, 0.4) is 0 Å². The summed E-state index contributed by atoms with van der Waals surface area (Å²) in [6.07, 6.45) is 3.75. The van der Waals surface area contributed by atoms with Gasteiger partial charge in [0.15, 0.2) is 9.76 Å². The number of hydrogen-bond acceptors (Lipinski definition) is 2. The largest absolute Gasteiger partial charge is 0.421 e. The van der Waals surface area contributed by atoms with Gasteiger partial charge in [-0.15, -0.1) is 23.2 Å². The van der Waals surface area contributed by atoms with E-state index in [-0.39, 0.29) is 14.6 Å². The first-order valence-electron chi connectivity index (χ1n) is 4.24. The third-order valence-corrected chi connectivity index (χ3v) is 3.32. The van der Waals surface area contributed by atoms with E-state index in [0.717, 1.165) is 5.75 Å². The van der Waals surface area contributed by atoms with E-state index in [1.807, 2.05) is 0 Å². The van der Waals surface area contributed by atoms with Crippen molar-refractivity contribution in [1.29, 1.82) is 0 Å². The summed E-state index contributed by atoms with van der Waals surface area (Å²) in [4.78, 5) is -0.352. The molecule has 0 spiro atoms. The molecule has 12 heavy (non-hydrogen) atoms. The highest BCUT2D eigenvalue weighted by atomic mass is 35.5. The van der Waals surface area contributed by atoms with Gasteiger partial charge in [0.1, 0.15) is 4.84 Å². The highest BCUT2D eigenvalue weighted by Gasteiger charge is 1.97. The van der Waals surface area contributed by atoms with Crippen LogP contribution in [0.15, 0.2) is 0 Å². The molecule has 1 nitrogen and oxygen atoms in total. The minimum atomic E-state index is -0.353. The fourth-order valence-electron chi connectivity index (χ4n) is 0.842. The van der Waals surface area contributed by atoms with Crippen molar-refractivity contribution < 1.29 is 4.43 Å². The predicted octanol–water partition coefficient (Wildman–Crippen LogP) is 2.41. The van der Waals surface area contributed by atoms with Crippen molar-refractivity contribution in [3.63, 3.8) is 0 Å². The highest BCUT2D eigenvalue weighted by Crippen LogP contribution is 2.03. The normalized spacial score (nSPS) is 12.0. The molecule has 0 radical (unpaired) electrons. The van der Waals surface area contributed by atoms with E-state index in [2.05, 4.69) is 12.6 Å². The van der Waals surface area contributed by atoms with Gasteiger partial charge in [-0.2, -0.15) is 12.6 Å². The van der Waals surface area contributed by atoms with E-state index in [1.54, 1.807) is 0 Å². The van der Waals surface area contributed by atoms with Crippen LogP contribution in [-0.4, -0.2) is 27.0 Å². The molecular formula is C7H16Cl2OSSi. The van der Waals surface area contributed by atoms with Gasteiger partial charge in [0.25, 0.3) is 0 Å². The summed E-state index contributed by atoms with van der Waals surface area (Å²) in [5.74, 6) is 0.994. The molecular weight excluding hydrogens is 231 g/mol. The van der Waals surface area contributed by atoms with Crippen LogP contribution >= 0.6 is 35.8 Å². The molecule has 74 valence electrons. The van der Waals surface area contributed by atoms with Crippen LogP contribution in [0.2, 0.25) is 6.04 Å². The highest BCUT2D eigenvalue weighted by molar-refractivity contribution is 7.80. The second kappa shape index (κ2) is 10.2. The molecule has 0 saturated carbocycles. The van der Waals surface area contributed by atoms with Gasteiger partial charge in [-0.05, 0) is 18.2 Å². The molecule has 0 amide bonds. The number of unbranched alkanes of at least 4 members (excludes halogenated alkanes) is 2. The maximum absolute atomic E-state index is 5.49. The number of hydrogen-bond donors (Lipinski definition) is 1. The van der Waals surface area contributed by atoms with Crippen molar-refractivity contribution >= 4 is 45.6 Å². The number of rotatable bonds is 8. The Morgan fingerprint density at radius 1 is 1.25 bits per heavy atom. The Morgan fingerprint density at radius 3 is 2.58 bits per heavy atom. The van der Waals surface area contributed by atoms with Gasteiger partial charge in [0.05, 0.1) is 6.61 Å². The Balaban J connectivity index is 2.82. The number of halogens is 2. The van der Waals surface area contributed by atoms with E-state index >= 15 is 0 Å². The topological polar surface area (TPSA) is 9.23 Å². The van der Waals surface area contributed by atoms with E-state index in [4.69, 9.17) is 27.6 Å². The van der Waals surface area contributed by atoms with Gasteiger partial charge in [0, 0.05) is 0 Å². The van der Waals surface area contributed by atoms with Crippen LogP contribution in [0.4, 0.5) is 0 Å². The molecule has 0 aromatic rings. The van der Waals surface area contributed by atoms with Crippen molar-refractivity contribution in [2.24, 2.45) is 0 Å². The summed E-state index contributed by atoms with van der Waals surface area (Å²) < 4.78 is 5.33. The van der Waals surface area contributed by atoms with Crippen LogP contribution in [-0.2, 0) is 4.43 Å². The average Bonchev–Trinajstić information content (AvgIpc) is 2.02. The van der Waals surface area contributed by atoms with Crippen molar-refractivity contribution in [3.05, 3.63) is 0 Å². The van der Waals surface area contributed by atoms with Crippen LogP contribution in [0.5, 0.6) is 0 Å². The predicted molar refractivity (Wildman–Crippen MR) is 62.5 cm³/mol. The van der Waals surface area contributed by atoms with Crippen LogP contribution in [0.1, 0.15) is 19.3 Å². The lowest BCUT2D eigenvalue weighted by molar-refractivity contribution is 0.352. The van der Waals surface area contributed by atoms with Crippen LogP contribution in [0.25, 0.3) is 0 Å². The minimum Gasteiger partial charge on any atom is -0.421 e. The zero-order valence-electron chi connectivity index (χ0n) is 7.14. The summed E-state index contributed by atoms with van der Waals surface area (Å²) in [6.45, 7) is 0.502. The Labute approximate surface area is 92.5 Å². The quantitative estimate of drug-likeness (QED) is 0.300. The molecule has 5 heteroatoms. The lowest BCUT2D eigenvalue weighted by Gasteiger charge is -2.03. The Kier molecular flexibility index (Phi) is 11.1. The smallest absolute Gasteiger partial charge is 0.161 e. The third-order valence-electron chi connectivity index (χ3n) is 1.44. The summed E-state index contributed by atoms with van der Waals surface area (Å²) in [5.41, 5.74) is 0. The zero-order valence-corrected chi connectivity index (χ0v) is 11.0. The van der Waals surface area contributed by atoms with Crippen LogP contribution < -0.4 is 0 Å². The lowest BCUT2D eigenvalue weighted by atomic mass is 10.3. The maximum Gasteiger partial charge on any atom is 0.161 e. The van der Waals surface area contributed by atoms with Crippen LogP contribution in [0, 0.1) is 0 Å². The van der Waals surface area contributed by atoms with Gasteiger partial charge >= 0.3 is 0 Å². The SMILES string of the molecule is SCCCCC[SiH2]OCC(Cl)Cl. The minimum absolute atomic E-state index is 0.352. The number of alkyl halides is 2. The molecule has 0 heterocycles. The molecule has 0 saturated heterocycles. The first-order chi connectivity index (χ1) is 5.77. The lowest BCUT2D eigenvalue weighted by Crippen LogP contribution is -2.05. The van der Waals surface area contributed by atoms with Gasteiger partial charge in [-0.25, -0.2) is 0 Å². The van der Waals surface area contributed by atoms with E-state index < -0.39 is 0 Å². The van der Waals surface area contributed by atoms with Crippen molar-refractivity contribution in [2.75, 3.05) is 12.4 Å². The molecule has 0 aliphatic heterocycles. The molecule has 0 N–H and O–H groups in total.